The Balaban J connectivity index is 2.10. The van der Waals surface area contributed by atoms with Crippen molar-refractivity contribution in [1.82, 2.24) is 0 Å². The largest absolute Gasteiger partial charge is 0.478 e. The molecular formula is C15H13ClN2O3. The number of nitrogens with two attached hydrogens (primary N) is 1. The fourth-order valence-electron chi connectivity index (χ4n) is 1.77. The Kier molecular flexibility index (Phi) is 4.45. The molecule has 0 fully saturated rings. The van der Waals surface area contributed by atoms with Gasteiger partial charge in [0.05, 0.1) is 22.7 Å². The second-order valence-corrected chi connectivity index (χ2v) is 4.87. The van der Waals surface area contributed by atoms with Gasteiger partial charge in [0, 0.05) is 5.69 Å². The summed E-state index contributed by atoms with van der Waals surface area (Å²) in [6, 6.07) is 11.1. The number of carbonyl (C=O) groups excluding carboxylic acids is 1. The average Bonchev–Trinajstić information content (AvgIpc) is 2.43. The number of hydrogen-bond donors (Lipinski definition) is 3. The predicted molar refractivity (Wildman–Crippen MR) is 81.6 cm³/mol. The van der Waals surface area contributed by atoms with Crippen molar-refractivity contribution in [1.29, 1.82) is 0 Å². The molecule has 0 atom stereocenters. The van der Waals surface area contributed by atoms with Crippen molar-refractivity contribution in [2.45, 2.75) is 6.42 Å². The van der Waals surface area contributed by atoms with Gasteiger partial charge in [-0.3, -0.25) is 4.79 Å². The number of halogens is 1. The van der Waals surface area contributed by atoms with Crippen molar-refractivity contribution in [3.63, 3.8) is 0 Å². The van der Waals surface area contributed by atoms with Crippen molar-refractivity contribution in [2.75, 3.05) is 11.1 Å². The van der Waals surface area contributed by atoms with Gasteiger partial charge in [0.25, 0.3) is 0 Å². The molecule has 1 amide bonds. The van der Waals surface area contributed by atoms with Crippen LogP contribution in [0.15, 0.2) is 42.5 Å². The molecule has 0 aliphatic rings. The van der Waals surface area contributed by atoms with Gasteiger partial charge in [0.1, 0.15) is 0 Å². The Labute approximate surface area is 126 Å². The summed E-state index contributed by atoms with van der Waals surface area (Å²) in [7, 11) is 0. The van der Waals surface area contributed by atoms with Crippen LogP contribution in [0.5, 0.6) is 0 Å². The monoisotopic (exact) mass is 304 g/mol. The Morgan fingerprint density at radius 1 is 1.14 bits per heavy atom. The summed E-state index contributed by atoms with van der Waals surface area (Å²) in [5.41, 5.74) is 7.32. The highest BCUT2D eigenvalue weighted by Gasteiger charge is 2.10. The molecule has 21 heavy (non-hydrogen) atoms. The molecule has 0 saturated carbocycles. The van der Waals surface area contributed by atoms with Crippen LogP contribution in [0.3, 0.4) is 0 Å². The predicted octanol–water partition coefficient (Wildman–Crippen LogP) is 2.80. The van der Waals surface area contributed by atoms with E-state index in [4.69, 9.17) is 22.4 Å². The van der Waals surface area contributed by atoms with Gasteiger partial charge in [-0.15, -0.1) is 0 Å². The number of nitrogen functional groups attached to an aromatic ring is 1. The Hall–Kier alpha value is -2.53. The number of benzene rings is 2. The van der Waals surface area contributed by atoms with Gasteiger partial charge < -0.3 is 16.2 Å². The van der Waals surface area contributed by atoms with E-state index in [9.17, 15) is 9.59 Å². The second kappa shape index (κ2) is 6.28. The molecule has 108 valence electrons. The number of rotatable bonds is 4. The Morgan fingerprint density at radius 2 is 1.81 bits per heavy atom. The van der Waals surface area contributed by atoms with Crippen molar-refractivity contribution in [3.05, 3.63) is 58.6 Å². The van der Waals surface area contributed by atoms with Gasteiger partial charge in [-0.2, -0.15) is 0 Å². The average molecular weight is 305 g/mol. The van der Waals surface area contributed by atoms with Gasteiger partial charge in [-0.05, 0) is 35.9 Å². The highest BCUT2D eigenvalue weighted by atomic mass is 35.5. The molecule has 0 unspecified atom stereocenters. The smallest absolute Gasteiger partial charge is 0.335 e. The van der Waals surface area contributed by atoms with Crippen LogP contribution in [-0.2, 0) is 11.2 Å². The van der Waals surface area contributed by atoms with E-state index in [1.807, 2.05) is 0 Å². The van der Waals surface area contributed by atoms with Crippen molar-refractivity contribution < 1.29 is 14.7 Å². The van der Waals surface area contributed by atoms with Crippen LogP contribution in [0, 0.1) is 0 Å². The summed E-state index contributed by atoms with van der Waals surface area (Å²) < 4.78 is 0. The third-order valence-electron chi connectivity index (χ3n) is 2.83. The minimum absolute atomic E-state index is 0.0576. The zero-order valence-corrected chi connectivity index (χ0v) is 11.7. The standard InChI is InChI=1S/C15H13ClN2O3/c16-12-6-3-10(15(20)21)8-13(12)18-14(19)7-9-1-4-11(17)5-2-9/h1-6,8H,7,17H2,(H,18,19)(H,20,21). The number of carbonyl (C=O) groups is 2. The third-order valence-corrected chi connectivity index (χ3v) is 3.16. The maximum absolute atomic E-state index is 12.0. The lowest BCUT2D eigenvalue weighted by molar-refractivity contribution is -0.115. The first-order valence-corrected chi connectivity index (χ1v) is 6.50. The molecule has 0 radical (unpaired) electrons. The second-order valence-electron chi connectivity index (χ2n) is 4.47. The van der Waals surface area contributed by atoms with Crippen LogP contribution in [0.25, 0.3) is 0 Å². The highest BCUT2D eigenvalue weighted by molar-refractivity contribution is 6.33. The summed E-state index contributed by atoms with van der Waals surface area (Å²) in [5, 5.41) is 11.8. The number of amides is 1. The molecule has 0 aromatic heterocycles. The van der Waals surface area contributed by atoms with E-state index in [0.29, 0.717) is 5.69 Å². The molecule has 6 heteroatoms. The summed E-state index contributed by atoms with van der Waals surface area (Å²) >= 11 is 5.94. The van der Waals surface area contributed by atoms with E-state index >= 15 is 0 Å². The fraction of sp³-hybridized carbons (Fsp3) is 0.0667. The maximum atomic E-state index is 12.0. The number of carboxylic acid groups (broad SMARTS) is 1. The lowest BCUT2D eigenvalue weighted by atomic mass is 10.1. The van der Waals surface area contributed by atoms with E-state index in [0.717, 1.165) is 5.56 Å². The summed E-state index contributed by atoms with van der Waals surface area (Å²) in [4.78, 5) is 22.9. The van der Waals surface area contributed by atoms with E-state index in [1.165, 1.54) is 18.2 Å². The fourth-order valence-corrected chi connectivity index (χ4v) is 1.93. The normalized spacial score (nSPS) is 10.1. The number of aromatic carboxylic acids is 1. The van der Waals surface area contributed by atoms with Crippen LogP contribution < -0.4 is 11.1 Å². The molecule has 0 spiro atoms. The minimum atomic E-state index is -1.08. The van der Waals surface area contributed by atoms with E-state index in [2.05, 4.69) is 5.32 Å². The van der Waals surface area contributed by atoms with Crippen LogP contribution in [0.4, 0.5) is 11.4 Å². The summed E-state index contributed by atoms with van der Waals surface area (Å²) in [6.07, 6.45) is 0.147. The van der Waals surface area contributed by atoms with E-state index < -0.39 is 5.97 Å². The van der Waals surface area contributed by atoms with Crippen LogP contribution in [0.1, 0.15) is 15.9 Å². The lowest BCUT2D eigenvalue weighted by Gasteiger charge is -2.08. The molecule has 0 heterocycles. The lowest BCUT2D eigenvalue weighted by Crippen LogP contribution is -2.15. The molecule has 2 rings (SSSR count). The number of nitrogens with one attached hydrogen (secondary N) is 1. The summed E-state index contributed by atoms with van der Waals surface area (Å²) in [6.45, 7) is 0. The molecule has 0 bridgehead atoms. The number of anilines is 2. The Morgan fingerprint density at radius 3 is 2.43 bits per heavy atom. The molecule has 2 aromatic rings. The molecule has 2 aromatic carbocycles. The van der Waals surface area contributed by atoms with Gasteiger partial charge >= 0.3 is 5.97 Å². The van der Waals surface area contributed by atoms with Crippen LogP contribution >= 0.6 is 11.6 Å². The van der Waals surface area contributed by atoms with Gasteiger partial charge in [0.2, 0.25) is 5.91 Å². The SMILES string of the molecule is Nc1ccc(CC(=O)Nc2cc(C(=O)O)ccc2Cl)cc1. The van der Waals surface area contributed by atoms with Crippen molar-refractivity contribution in [3.8, 4) is 0 Å². The zero-order valence-electron chi connectivity index (χ0n) is 11.0. The number of hydrogen-bond acceptors (Lipinski definition) is 3. The minimum Gasteiger partial charge on any atom is -0.478 e. The molecule has 0 saturated heterocycles. The first-order valence-electron chi connectivity index (χ1n) is 6.13. The van der Waals surface area contributed by atoms with Crippen LogP contribution in [0.2, 0.25) is 5.02 Å². The van der Waals surface area contributed by atoms with Crippen molar-refractivity contribution in [2.24, 2.45) is 0 Å². The topological polar surface area (TPSA) is 92.4 Å². The maximum Gasteiger partial charge on any atom is 0.335 e. The molecular weight excluding hydrogens is 292 g/mol. The number of carboxylic acids is 1. The Bertz CT molecular complexity index is 684. The first-order chi connectivity index (χ1) is 9.95. The molecule has 0 aliphatic carbocycles. The van der Waals surface area contributed by atoms with Crippen molar-refractivity contribution >= 4 is 34.9 Å². The van der Waals surface area contributed by atoms with Gasteiger partial charge in [-0.1, -0.05) is 23.7 Å². The van der Waals surface area contributed by atoms with E-state index in [-0.39, 0.29) is 28.6 Å². The molecule has 5 nitrogen and oxygen atoms in total. The van der Waals surface area contributed by atoms with Gasteiger partial charge in [0.15, 0.2) is 0 Å². The summed E-state index contributed by atoms with van der Waals surface area (Å²) in [5.74, 6) is -1.37. The molecule has 0 aliphatic heterocycles. The zero-order chi connectivity index (χ0) is 15.4. The molecule has 4 N–H and O–H groups in total. The third kappa shape index (κ3) is 3.97. The highest BCUT2D eigenvalue weighted by Crippen LogP contribution is 2.23. The first kappa shape index (κ1) is 14.9. The quantitative estimate of drug-likeness (QED) is 0.757. The van der Waals surface area contributed by atoms with E-state index in [1.54, 1.807) is 24.3 Å². The van der Waals surface area contributed by atoms with Crippen LogP contribution in [-0.4, -0.2) is 17.0 Å². The van der Waals surface area contributed by atoms with Gasteiger partial charge in [-0.25, -0.2) is 4.79 Å².